The molecule has 0 radical (unpaired) electrons. The third kappa shape index (κ3) is 7.35. The fraction of sp³-hybridized carbons (Fsp3) is 0.116. The molecule has 45 heavy (non-hydrogen) atoms. The minimum atomic E-state index is 0.506. The van der Waals surface area contributed by atoms with E-state index in [1.807, 2.05) is 42.6 Å². The van der Waals surface area contributed by atoms with Crippen molar-refractivity contribution in [2.75, 3.05) is 0 Å². The first-order valence-electron chi connectivity index (χ1n) is 15.5. The zero-order valence-corrected chi connectivity index (χ0v) is 26.2. The predicted molar refractivity (Wildman–Crippen MR) is 192 cm³/mol. The van der Waals surface area contributed by atoms with Crippen LogP contribution in [0.25, 0.3) is 55.4 Å². The molecule has 2 nitrogen and oxygen atoms in total. The minimum absolute atomic E-state index is 0.506. The normalized spacial score (nSPS) is 10.8. The molecule has 0 saturated carbocycles. The average molecular weight is 583 g/mol. The average Bonchev–Trinajstić information content (AvgIpc) is 3.10. The first-order chi connectivity index (χ1) is 22.0. The molecule has 1 aromatic heterocycles. The van der Waals surface area contributed by atoms with Gasteiger partial charge in [-0.3, -0.25) is 4.98 Å². The Hall–Kier alpha value is -5.52. The number of nitriles is 1. The van der Waals surface area contributed by atoms with Gasteiger partial charge in [0.1, 0.15) is 0 Å². The molecule has 6 aromatic rings. The lowest BCUT2D eigenvalue weighted by molar-refractivity contribution is 0.867. The zero-order chi connectivity index (χ0) is 31.6. The van der Waals surface area contributed by atoms with E-state index >= 15 is 0 Å². The van der Waals surface area contributed by atoms with Crippen molar-refractivity contribution >= 4 is 10.8 Å². The number of benzene rings is 5. The summed E-state index contributed by atoms with van der Waals surface area (Å²) in [4.78, 5) is 4.46. The molecular weight excluding hydrogens is 544 g/mol. The topological polar surface area (TPSA) is 36.7 Å². The highest BCUT2D eigenvalue weighted by atomic mass is 14.7. The standard InChI is InChI=1S/C37H28N2.C6H10/c1-25(2)27-10-14-29(15-11-27)33-18-19-34(36-8-4-3-7-35(33)36)32-22-26(24-38)21-31(23-32)28-12-16-30(17-13-28)37-9-5-6-20-39-37;1-3-5-6-4-2/h3-23,25H,1-2H3;3,5-6H,1,4H2,2H3/b;6-5-. The molecule has 0 bridgehead atoms. The van der Waals surface area contributed by atoms with E-state index in [-0.39, 0.29) is 0 Å². The Morgan fingerprint density at radius 1 is 0.689 bits per heavy atom. The van der Waals surface area contributed by atoms with Crippen molar-refractivity contribution < 1.29 is 0 Å². The maximum absolute atomic E-state index is 9.88. The summed E-state index contributed by atoms with van der Waals surface area (Å²) < 4.78 is 0. The Morgan fingerprint density at radius 2 is 1.29 bits per heavy atom. The number of hydrogen-bond acceptors (Lipinski definition) is 2. The summed E-state index contributed by atoms with van der Waals surface area (Å²) in [5.74, 6) is 0.506. The smallest absolute Gasteiger partial charge is 0.0992 e. The van der Waals surface area contributed by atoms with Crippen LogP contribution in [-0.4, -0.2) is 4.98 Å². The summed E-state index contributed by atoms with van der Waals surface area (Å²) in [6, 6.07) is 44.7. The van der Waals surface area contributed by atoms with Gasteiger partial charge in [0, 0.05) is 11.8 Å². The van der Waals surface area contributed by atoms with Crippen LogP contribution in [0.15, 0.2) is 152 Å². The molecule has 220 valence electrons. The molecule has 5 aromatic carbocycles. The Balaban J connectivity index is 0.000000609. The maximum atomic E-state index is 9.88. The SMILES string of the molecule is C=C/C=C\CC.CC(C)c1ccc(-c2ccc(-c3cc(C#N)cc(-c4ccc(-c5ccccn5)cc4)c3)c3ccccc23)cc1. The van der Waals surface area contributed by atoms with E-state index in [9.17, 15) is 5.26 Å². The van der Waals surface area contributed by atoms with E-state index in [1.165, 1.54) is 27.5 Å². The molecule has 0 fully saturated rings. The van der Waals surface area contributed by atoms with E-state index < -0.39 is 0 Å². The Morgan fingerprint density at radius 3 is 1.84 bits per heavy atom. The quantitative estimate of drug-likeness (QED) is 0.176. The summed E-state index contributed by atoms with van der Waals surface area (Å²) >= 11 is 0. The molecule has 0 saturated heterocycles. The van der Waals surface area contributed by atoms with Crippen molar-refractivity contribution in [1.29, 1.82) is 5.26 Å². The number of rotatable bonds is 7. The predicted octanol–water partition coefficient (Wildman–Crippen LogP) is 12.0. The number of pyridine rings is 1. The van der Waals surface area contributed by atoms with Gasteiger partial charge in [0.2, 0.25) is 0 Å². The van der Waals surface area contributed by atoms with Gasteiger partial charge in [-0.1, -0.05) is 137 Å². The minimum Gasteiger partial charge on any atom is -0.256 e. The van der Waals surface area contributed by atoms with Gasteiger partial charge >= 0.3 is 0 Å². The molecule has 0 amide bonds. The van der Waals surface area contributed by atoms with Crippen molar-refractivity contribution in [2.24, 2.45) is 0 Å². The monoisotopic (exact) mass is 582 g/mol. The fourth-order valence-electron chi connectivity index (χ4n) is 5.46. The Labute approximate surface area is 267 Å². The largest absolute Gasteiger partial charge is 0.256 e. The molecule has 0 aliphatic rings. The van der Waals surface area contributed by atoms with Crippen LogP contribution in [0.1, 0.15) is 44.2 Å². The van der Waals surface area contributed by atoms with Crippen LogP contribution in [0.4, 0.5) is 0 Å². The number of hydrogen-bond donors (Lipinski definition) is 0. The van der Waals surface area contributed by atoms with Crippen molar-refractivity contribution in [3.63, 3.8) is 0 Å². The van der Waals surface area contributed by atoms with Crippen LogP contribution in [0, 0.1) is 11.3 Å². The van der Waals surface area contributed by atoms with E-state index in [0.29, 0.717) is 11.5 Å². The lowest BCUT2D eigenvalue weighted by Gasteiger charge is -2.14. The van der Waals surface area contributed by atoms with Crippen LogP contribution in [0.2, 0.25) is 0 Å². The molecule has 0 spiro atoms. The first-order valence-corrected chi connectivity index (χ1v) is 15.5. The highest BCUT2D eigenvalue weighted by molar-refractivity contribution is 6.05. The molecule has 0 atom stereocenters. The van der Waals surface area contributed by atoms with Crippen molar-refractivity contribution in [1.82, 2.24) is 4.98 Å². The van der Waals surface area contributed by atoms with Gasteiger partial charge in [-0.25, -0.2) is 0 Å². The van der Waals surface area contributed by atoms with Gasteiger partial charge in [0.25, 0.3) is 0 Å². The zero-order valence-electron chi connectivity index (χ0n) is 26.2. The van der Waals surface area contributed by atoms with Crippen molar-refractivity contribution in [3.8, 4) is 50.7 Å². The summed E-state index contributed by atoms with van der Waals surface area (Å²) in [5, 5.41) is 12.3. The molecule has 0 aliphatic carbocycles. The lowest BCUT2D eigenvalue weighted by Crippen LogP contribution is -1.90. The third-order valence-corrected chi connectivity index (χ3v) is 7.87. The number of aromatic nitrogens is 1. The van der Waals surface area contributed by atoms with Gasteiger partial charge < -0.3 is 0 Å². The molecule has 6 rings (SSSR count). The highest BCUT2D eigenvalue weighted by Crippen LogP contribution is 2.38. The van der Waals surface area contributed by atoms with Crippen LogP contribution in [0.5, 0.6) is 0 Å². The summed E-state index contributed by atoms with van der Waals surface area (Å²) in [6.45, 7) is 10.0. The van der Waals surface area contributed by atoms with Gasteiger partial charge in [0.15, 0.2) is 0 Å². The Bertz CT molecular complexity index is 1960. The molecular formula is C43H38N2. The molecule has 0 unspecified atom stereocenters. The molecule has 1 heterocycles. The number of fused-ring (bicyclic) bond motifs is 1. The van der Waals surface area contributed by atoms with E-state index in [4.69, 9.17) is 0 Å². The van der Waals surface area contributed by atoms with Crippen LogP contribution >= 0.6 is 0 Å². The second-order valence-electron chi connectivity index (χ2n) is 11.3. The summed E-state index contributed by atoms with van der Waals surface area (Å²) in [5.41, 5.74) is 10.7. The maximum Gasteiger partial charge on any atom is 0.0992 e. The number of nitrogens with zero attached hydrogens (tertiary/aromatic N) is 2. The summed E-state index contributed by atoms with van der Waals surface area (Å²) in [7, 11) is 0. The summed E-state index contributed by atoms with van der Waals surface area (Å²) in [6.07, 6.45) is 8.70. The fourth-order valence-corrected chi connectivity index (χ4v) is 5.46. The molecule has 2 heteroatoms. The molecule has 0 aliphatic heterocycles. The van der Waals surface area contributed by atoms with Crippen LogP contribution < -0.4 is 0 Å². The number of allylic oxidation sites excluding steroid dienone is 3. The van der Waals surface area contributed by atoms with E-state index in [2.05, 4.69) is 135 Å². The van der Waals surface area contributed by atoms with Crippen LogP contribution in [-0.2, 0) is 0 Å². The molecule has 0 N–H and O–H groups in total. The van der Waals surface area contributed by atoms with Gasteiger partial charge in [0.05, 0.1) is 17.3 Å². The highest BCUT2D eigenvalue weighted by Gasteiger charge is 2.12. The van der Waals surface area contributed by atoms with Gasteiger partial charge in [-0.2, -0.15) is 5.26 Å². The van der Waals surface area contributed by atoms with Crippen molar-refractivity contribution in [2.45, 2.75) is 33.1 Å². The lowest BCUT2D eigenvalue weighted by atomic mass is 9.89. The second kappa shape index (κ2) is 14.8. The van der Waals surface area contributed by atoms with E-state index in [0.717, 1.165) is 39.9 Å². The van der Waals surface area contributed by atoms with Gasteiger partial charge in [-0.15, -0.1) is 0 Å². The van der Waals surface area contributed by atoms with Gasteiger partial charge in [-0.05, 0) is 92.4 Å². The Kier molecular flexibility index (Phi) is 10.2. The van der Waals surface area contributed by atoms with Crippen LogP contribution in [0.3, 0.4) is 0 Å². The second-order valence-corrected chi connectivity index (χ2v) is 11.3. The van der Waals surface area contributed by atoms with Crippen molar-refractivity contribution in [3.05, 3.63) is 163 Å². The van der Waals surface area contributed by atoms with E-state index in [1.54, 1.807) is 6.08 Å². The first kappa shape index (κ1) is 30.9. The third-order valence-electron chi connectivity index (χ3n) is 7.87.